The number of hydrogen-bond acceptors (Lipinski definition) is 5. The predicted molar refractivity (Wildman–Crippen MR) is 87.9 cm³/mol. The lowest BCUT2D eigenvalue weighted by Crippen LogP contribution is -2.43. The third kappa shape index (κ3) is 5.10. The molecule has 0 saturated carbocycles. The Hall–Kier alpha value is -2.32. The van der Waals surface area contributed by atoms with Gasteiger partial charge in [-0.15, -0.1) is 0 Å². The monoisotopic (exact) mass is 397 g/mol. The molecule has 0 aliphatic rings. The molecule has 0 saturated heterocycles. The number of halogens is 1. The van der Waals surface area contributed by atoms with Crippen LogP contribution < -0.4 is 10.1 Å². The fraction of sp³-hybridized carbons (Fsp3) is 0.250. The molecule has 1 amide bonds. The van der Waals surface area contributed by atoms with Gasteiger partial charge < -0.3 is 24.3 Å². The molecule has 24 heavy (non-hydrogen) atoms. The molecular weight excluding hydrogens is 382 g/mol. The number of hydrogen-bond donors (Lipinski definition) is 2. The highest BCUT2D eigenvalue weighted by molar-refractivity contribution is 9.10. The van der Waals surface area contributed by atoms with E-state index in [1.165, 1.54) is 13.2 Å². The number of amides is 1. The molecule has 2 rings (SSSR count). The maximum atomic E-state index is 12.0. The second-order valence-electron chi connectivity index (χ2n) is 4.83. The molecule has 7 nitrogen and oxygen atoms in total. The lowest BCUT2D eigenvalue weighted by molar-refractivity contribution is -0.140. The highest BCUT2D eigenvalue weighted by Gasteiger charge is 2.22. The molecular formula is C16H16BrNO6. The van der Waals surface area contributed by atoms with E-state index in [1.54, 1.807) is 18.2 Å². The molecule has 0 radical (unpaired) electrons. The molecule has 1 heterocycles. The summed E-state index contributed by atoms with van der Waals surface area (Å²) in [5.74, 6) is -0.704. The van der Waals surface area contributed by atoms with Crippen LogP contribution in [0.4, 0.5) is 0 Å². The number of carbonyl (C=O) groups excluding carboxylic acids is 1. The normalized spacial score (nSPS) is 11.8. The summed E-state index contributed by atoms with van der Waals surface area (Å²) in [4.78, 5) is 23.0. The van der Waals surface area contributed by atoms with Crippen LogP contribution in [-0.2, 0) is 16.1 Å². The number of nitrogens with one attached hydrogen (secondary N) is 1. The summed E-state index contributed by atoms with van der Waals surface area (Å²) in [6, 6.07) is 9.19. The van der Waals surface area contributed by atoms with Gasteiger partial charge in [-0.25, -0.2) is 4.79 Å². The van der Waals surface area contributed by atoms with Crippen molar-refractivity contribution in [3.63, 3.8) is 0 Å². The van der Waals surface area contributed by atoms with Crippen molar-refractivity contribution in [1.82, 2.24) is 5.32 Å². The lowest BCUT2D eigenvalue weighted by Gasteiger charge is -2.12. The quantitative estimate of drug-likeness (QED) is 0.709. The first-order valence-corrected chi connectivity index (χ1v) is 7.78. The van der Waals surface area contributed by atoms with Crippen LogP contribution in [0.5, 0.6) is 5.75 Å². The van der Waals surface area contributed by atoms with Crippen molar-refractivity contribution in [2.24, 2.45) is 0 Å². The first-order chi connectivity index (χ1) is 11.5. The summed E-state index contributed by atoms with van der Waals surface area (Å²) >= 11 is 3.33. The molecule has 0 spiro atoms. The number of carbonyl (C=O) groups is 2. The fourth-order valence-electron chi connectivity index (χ4n) is 1.83. The van der Waals surface area contributed by atoms with E-state index < -0.39 is 17.9 Å². The fourth-order valence-corrected chi connectivity index (χ4v) is 2.10. The predicted octanol–water partition coefficient (Wildman–Crippen LogP) is 2.45. The van der Waals surface area contributed by atoms with Gasteiger partial charge in [-0.1, -0.05) is 15.9 Å². The zero-order chi connectivity index (χ0) is 17.5. The number of ether oxygens (including phenoxy) is 2. The molecule has 2 aromatic rings. The van der Waals surface area contributed by atoms with E-state index in [-0.39, 0.29) is 19.0 Å². The Balaban J connectivity index is 1.93. The SMILES string of the molecule is COCC(NC(=O)c1ccc(COc2ccc(Br)cc2)o1)C(=O)O. The van der Waals surface area contributed by atoms with Crippen molar-refractivity contribution < 1.29 is 28.6 Å². The maximum Gasteiger partial charge on any atom is 0.328 e. The Kier molecular flexibility index (Phi) is 6.39. The minimum Gasteiger partial charge on any atom is -0.486 e. The van der Waals surface area contributed by atoms with Gasteiger partial charge >= 0.3 is 5.97 Å². The second-order valence-corrected chi connectivity index (χ2v) is 5.74. The van der Waals surface area contributed by atoms with Crippen molar-refractivity contribution in [2.75, 3.05) is 13.7 Å². The van der Waals surface area contributed by atoms with Crippen LogP contribution in [0.15, 0.2) is 45.3 Å². The number of carboxylic acid groups (broad SMARTS) is 1. The first-order valence-electron chi connectivity index (χ1n) is 6.99. The van der Waals surface area contributed by atoms with E-state index in [0.29, 0.717) is 11.5 Å². The van der Waals surface area contributed by atoms with E-state index >= 15 is 0 Å². The van der Waals surface area contributed by atoms with Crippen LogP contribution in [0.2, 0.25) is 0 Å². The van der Waals surface area contributed by atoms with Gasteiger partial charge in [0.15, 0.2) is 11.8 Å². The van der Waals surface area contributed by atoms with Gasteiger partial charge in [0.1, 0.15) is 18.1 Å². The Morgan fingerprint density at radius 3 is 2.58 bits per heavy atom. The van der Waals surface area contributed by atoms with E-state index in [2.05, 4.69) is 21.2 Å². The zero-order valence-electron chi connectivity index (χ0n) is 12.8. The minimum absolute atomic E-state index is 0.00626. The highest BCUT2D eigenvalue weighted by Crippen LogP contribution is 2.18. The zero-order valence-corrected chi connectivity index (χ0v) is 14.4. The van der Waals surface area contributed by atoms with Crippen molar-refractivity contribution in [3.05, 3.63) is 52.4 Å². The van der Waals surface area contributed by atoms with Gasteiger partial charge in [0.2, 0.25) is 0 Å². The molecule has 1 aromatic carbocycles. The van der Waals surface area contributed by atoms with Gasteiger partial charge in [0, 0.05) is 11.6 Å². The third-order valence-electron chi connectivity index (χ3n) is 3.02. The molecule has 1 aromatic heterocycles. The topological polar surface area (TPSA) is 98.0 Å². The summed E-state index contributed by atoms with van der Waals surface area (Å²) < 4.78 is 16.6. The van der Waals surface area contributed by atoms with Gasteiger partial charge in [-0.2, -0.15) is 0 Å². The van der Waals surface area contributed by atoms with E-state index in [0.717, 1.165) is 4.47 Å². The Labute approximate surface area is 146 Å². The molecule has 0 aliphatic carbocycles. The van der Waals surface area contributed by atoms with Crippen molar-refractivity contribution in [1.29, 1.82) is 0 Å². The van der Waals surface area contributed by atoms with Crippen LogP contribution in [0.3, 0.4) is 0 Å². The Bertz CT molecular complexity index is 697. The smallest absolute Gasteiger partial charge is 0.328 e. The van der Waals surface area contributed by atoms with Crippen LogP contribution in [0, 0.1) is 0 Å². The highest BCUT2D eigenvalue weighted by atomic mass is 79.9. The number of carboxylic acids is 1. The summed E-state index contributed by atoms with van der Waals surface area (Å²) in [5, 5.41) is 11.3. The number of rotatable bonds is 8. The molecule has 8 heteroatoms. The van der Waals surface area contributed by atoms with Crippen LogP contribution in [-0.4, -0.2) is 36.7 Å². The van der Waals surface area contributed by atoms with Gasteiger partial charge in [0.25, 0.3) is 5.91 Å². The number of aliphatic carboxylic acids is 1. The van der Waals surface area contributed by atoms with E-state index in [1.807, 2.05) is 12.1 Å². The molecule has 1 unspecified atom stereocenters. The van der Waals surface area contributed by atoms with Gasteiger partial charge in [-0.05, 0) is 36.4 Å². The lowest BCUT2D eigenvalue weighted by atomic mass is 10.3. The number of methoxy groups -OCH3 is 1. The summed E-state index contributed by atoms with van der Waals surface area (Å²) in [7, 11) is 1.35. The Morgan fingerprint density at radius 2 is 1.96 bits per heavy atom. The molecule has 1 atom stereocenters. The van der Waals surface area contributed by atoms with Crippen molar-refractivity contribution >= 4 is 27.8 Å². The average molecular weight is 398 g/mol. The molecule has 0 bridgehead atoms. The first kappa shape index (κ1) is 18.0. The Morgan fingerprint density at radius 1 is 1.25 bits per heavy atom. The third-order valence-corrected chi connectivity index (χ3v) is 3.55. The molecule has 0 aliphatic heterocycles. The van der Waals surface area contributed by atoms with Gasteiger partial charge in [-0.3, -0.25) is 4.79 Å². The standard InChI is InChI=1S/C16H16BrNO6/c1-22-9-13(16(20)21)18-15(19)14-7-6-12(24-14)8-23-11-4-2-10(17)3-5-11/h2-7,13H,8-9H2,1H3,(H,18,19)(H,20,21). The molecule has 128 valence electrons. The number of benzene rings is 1. The minimum atomic E-state index is -1.18. The average Bonchev–Trinajstić information content (AvgIpc) is 3.03. The second kappa shape index (κ2) is 8.51. The van der Waals surface area contributed by atoms with Crippen LogP contribution in [0.25, 0.3) is 0 Å². The summed E-state index contributed by atoms with van der Waals surface area (Å²) in [5.41, 5.74) is 0. The van der Waals surface area contributed by atoms with Gasteiger partial charge in [0.05, 0.1) is 6.61 Å². The van der Waals surface area contributed by atoms with E-state index in [4.69, 9.17) is 19.0 Å². The summed E-state index contributed by atoms with van der Waals surface area (Å²) in [6.45, 7) is 0.0106. The largest absolute Gasteiger partial charge is 0.486 e. The van der Waals surface area contributed by atoms with E-state index in [9.17, 15) is 9.59 Å². The summed E-state index contributed by atoms with van der Waals surface area (Å²) in [6.07, 6.45) is 0. The van der Waals surface area contributed by atoms with Crippen molar-refractivity contribution in [2.45, 2.75) is 12.6 Å². The maximum absolute atomic E-state index is 12.0. The molecule has 0 fully saturated rings. The molecule has 2 N–H and O–H groups in total. The number of furan rings is 1. The van der Waals surface area contributed by atoms with Crippen LogP contribution >= 0.6 is 15.9 Å². The van der Waals surface area contributed by atoms with Crippen molar-refractivity contribution in [3.8, 4) is 5.75 Å². The van der Waals surface area contributed by atoms with Crippen LogP contribution in [0.1, 0.15) is 16.3 Å².